The number of nitrogens with two attached hydrogens (primary N) is 1. The molecule has 0 saturated carbocycles. The molecule has 0 saturated heterocycles. The second-order valence-corrected chi connectivity index (χ2v) is 4.78. The van der Waals surface area contributed by atoms with E-state index in [9.17, 15) is 4.39 Å². The van der Waals surface area contributed by atoms with Gasteiger partial charge in [-0.2, -0.15) is 0 Å². The minimum Gasteiger partial charge on any atom is -0.497 e. The maximum atomic E-state index is 13.1. The van der Waals surface area contributed by atoms with Crippen LogP contribution in [0.2, 0.25) is 0 Å². The summed E-state index contributed by atoms with van der Waals surface area (Å²) in [5, 5.41) is 0. The third kappa shape index (κ3) is 3.38. The van der Waals surface area contributed by atoms with Crippen molar-refractivity contribution in [3.05, 3.63) is 52.3 Å². The van der Waals surface area contributed by atoms with Gasteiger partial charge < -0.3 is 15.2 Å². The van der Waals surface area contributed by atoms with Crippen LogP contribution < -0.4 is 15.2 Å². The molecule has 3 nitrogen and oxygen atoms in total. The molecule has 0 fully saturated rings. The summed E-state index contributed by atoms with van der Waals surface area (Å²) in [6.07, 6.45) is 0. The Kier molecular flexibility index (Phi) is 4.27. The lowest BCUT2D eigenvalue weighted by Crippen LogP contribution is -2.00. The first-order valence-corrected chi connectivity index (χ1v) is 6.39. The lowest BCUT2D eigenvalue weighted by Gasteiger charge is -2.11. The Labute approximate surface area is 119 Å². The fourth-order valence-corrected chi connectivity index (χ4v) is 1.94. The number of anilines is 1. The molecule has 0 spiro atoms. The van der Waals surface area contributed by atoms with E-state index in [4.69, 9.17) is 15.2 Å². The van der Waals surface area contributed by atoms with Gasteiger partial charge in [-0.15, -0.1) is 0 Å². The lowest BCUT2D eigenvalue weighted by atomic mass is 10.2. The molecule has 0 aliphatic carbocycles. The van der Waals surface area contributed by atoms with Gasteiger partial charge in [-0.1, -0.05) is 15.9 Å². The van der Waals surface area contributed by atoms with Gasteiger partial charge in [-0.25, -0.2) is 4.39 Å². The molecule has 2 N–H and O–H groups in total. The van der Waals surface area contributed by atoms with Gasteiger partial charge in [0.05, 0.1) is 12.8 Å². The molecule has 100 valence electrons. The normalized spacial score (nSPS) is 10.3. The summed E-state index contributed by atoms with van der Waals surface area (Å²) in [6.45, 7) is 0.269. The van der Waals surface area contributed by atoms with Crippen LogP contribution in [-0.4, -0.2) is 7.11 Å². The first-order valence-electron chi connectivity index (χ1n) is 5.60. The third-order valence-electron chi connectivity index (χ3n) is 2.61. The zero-order valence-electron chi connectivity index (χ0n) is 10.3. The second kappa shape index (κ2) is 5.93. The number of hydrogen-bond donors (Lipinski definition) is 1. The molecular weight excluding hydrogens is 313 g/mol. The summed E-state index contributed by atoms with van der Waals surface area (Å²) in [5.74, 6) is 0.678. The Morgan fingerprint density at radius 3 is 2.74 bits per heavy atom. The Morgan fingerprint density at radius 2 is 2.00 bits per heavy atom. The molecular formula is C14H13BrFNO2. The van der Waals surface area contributed by atoms with Gasteiger partial charge >= 0.3 is 0 Å². The van der Waals surface area contributed by atoms with Crippen LogP contribution in [0.3, 0.4) is 0 Å². The summed E-state index contributed by atoms with van der Waals surface area (Å²) in [4.78, 5) is 0. The molecule has 0 aromatic heterocycles. The molecule has 0 radical (unpaired) electrons. The average molecular weight is 326 g/mol. The van der Waals surface area contributed by atoms with E-state index in [0.29, 0.717) is 11.4 Å². The van der Waals surface area contributed by atoms with Crippen molar-refractivity contribution in [2.45, 2.75) is 6.61 Å². The van der Waals surface area contributed by atoms with E-state index >= 15 is 0 Å². The maximum absolute atomic E-state index is 13.1. The van der Waals surface area contributed by atoms with Crippen molar-refractivity contribution >= 4 is 21.6 Å². The highest BCUT2D eigenvalue weighted by molar-refractivity contribution is 9.10. The fraction of sp³-hybridized carbons (Fsp3) is 0.143. The van der Waals surface area contributed by atoms with E-state index in [0.717, 1.165) is 15.8 Å². The van der Waals surface area contributed by atoms with Crippen molar-refractivity contribution in [1.82, 2.24) is 0 Å². The molecule has 0 atom stereocenters. The Balaban J connectivity index is 2.16. The molecule has 0 amide bonds. The molecule has 19 heavy (non-hydrogen) atoms. The zero-order valence-corrected chi connectivity index (χ0v) is 11.9. The highest BCUT2D eigenvalue weighted by Gasteiger charge is 2.06. The summed E-state index contributed by atoms with van der Waals surface area (Å²) >= 11 is 3.43. The minimum absolute atomic E-state index is 0.269. The van der Waals surface area contributed by atoms with Crippen LogP contribution >= 0.6 is 15.9 Å². The fourth-order valence-electron chi connectivity index (χ4n) is 1.58. The summed E-state index contributed by atoms with van der Waals surface area (Å²) in [5.41, 5.74) is 7.01. The molecule has 0 bridgehead atoms. The van der Waals surface area contributed by atoms with Crippen LogP contribution in [0.15, 0.2) is 40.9 Å². The number of nitrogen functional groups attached to an aromatic ring is 1. The van der Waals surface area contributed by atoms with E-state index in [1.54, 1.807) is 7.11 Å². The highest BCUT2D eigenvalue weighted by atomic mass is 79.9. The van der Waals surface area contributed by atoms with Crippen molar-refractivity contribution in [2.75, 3.05) is 12.8 Å². The van der Waals surface area contributed by atoms with Gasteiger partial charge in [0.2, 0.25) is 0 Å². The summed E-state index contributed by atoms with van der Waals surface area (Å²) in [7, 11) is 1.60. The number of ether oxygens (including phenoxy) is 2. The average Bonchev–Trinajstić information content (AvgIpc) is 2.41. The number of benzene rings is 2. The zero-order chi connectivity index (χ0) is 13.8. The molecule has 2 aromatic rings. The van der Waals surface area contributed by atoms with Crippen LogP contribution in [0.5, 0.6) is 11.5 Å². The Hall–Kier alpha value is -1.75. The van der Waals surface area contributed by atoms with E-state index in [-0.39, 0.29) is 12.4 Å². The molecule has 2 rings (SSSR count). The van der Waals surface area contributed by atoms with E-state index < -0.39 is 0 Å². The minimum atomic E-state index is -0.381. The first kappa shape index (κ1) is 13.7. The molecule has 0 aliphatic rings. The van der Waals surface area contributed by atoms with Gasteiger partial charge in [-0.3, -0.25) is 0 Å². The van der Waals surface area contributed by atoms with Gasteiger partial charge in [0.15, 0.2) is 0 Å². The van der Waals surface area contributed by atoms with Crippen LogP contribution in [0.4, 0.5) is 10.1 Å². The van der Waals surface area contributed by atoms with Crippen LogP contribution in [0, 0.1) is 5.82 Å². The van der Waals surface area contributed by atoms with Crippen molar-refractivity contribution in [3.8, 4) is 11.5 Å². The predicted molar refractivity (Wildman–Crippen MR) is 75.8 cm³/mol. The molecule has 5 heteroatoms. The Bertz CT molecular complexity index is 590. The molecule has 0 heterocycles. The van der Waals surface area contributed by atoms with Gasteiger partial charge in [0.25, 0.3) is 0 Å². The quantitative estimate of drug-likeness (QED) is 0.870. The largest absolute Gasteiger partial charge is 0.497 e. The number of rotatable bonds is 4. The monoisotopic (exact) mass is 325 g/mol. The predicted octanol–water partition coefficient (Wildman–Crippen LogP) is 3.76. The van der Waals surface area contributed by atoms with Crippen LogP contribution in [-0.2, 0) is 6.61 Å². The smallest absolute Gasteiger partial charge is 0.145 e. The molecule has 0 unspecified atom stereocenters. The van der Waals surface area contributed by atoms with Gasteiger partial charge in [0.1, 0.15) is 23.9 Å². The third-order valence-corrected chi connectivity index (χ3v) is 3.39. The number of hydrogen-bond acceptors (Lipinski definition) is 3. The van der Waals surface area contributed by atoms with Crippen molar-refractivity contribution in [2.24, 2.45) is 0 Å². The second-order valence-electron chi connectivity index (χ2n) is 3.93. The van der Waals surface area contributed by atoms with Gasteiger partial charge in [0, 0.05) is 16.1 Å². The first-order chi connectivity index (χ1) is 9.10. The molecule has 2 aromatic carbocycles. The lowest BCUT2D eigenvalue weighted by molar-refractivity contribution is 0.304. The van der Waals surface area contributed by atoms with Crippen molar-refractivity contribution < 1.29 is 13.9 Å². The van der Waals surface area contributed by atoms with E-state index in [2.05, 4.69) is 15.9 Å². The summed E-state index contributed by atoms with van der Waals surface area (Å²) in [6, 6.07) is 9.59. The van der Waals surface area contributed by atoms with Crippen molar-refractivity contribution in [3.63, 3.8) is 0 Å². The van der Waals surface area contributed by atoms with Crippen LogP contribution in [0.25, 0.3) is 0 Å². The maximum Gasteiger partial charge on any atom is 0.145 e. The van der Waals surface area contributed by atoms with E-state index in [1.165, 1.54) is 18.2 Å². The highest BCUT2D eigenvalue weighted by Crippen LogP contribution is 2.26. The summed E-state index contributed by atoms with van der Waals surface area (Å²) < 4.78 is 24.7. The van der Waals surface area contributed by atoms with E-state index in [1.807, 2.05) is 18.2 Å². The number of methoxy groups -OCH3 is 1. The Morgan fingerprint density at radius 1 is 1.21 bits per heavy atom. The standard InChI is InChI=1S/C14H13BrFNO2/c1-18-11-3-4-12(15)9(6-11)8-19-14-7-10(16)2-5-13(14)17/h2-7H,8,17H2,1H3. The van der Waals surface area contributed by atoms with Crippen LogP contribution in [0.1, 0.15) is 5.56 Å². The topological polar surface area (TPSA) is 44.5 Å². The number of halogens is 2. The SMILES string of the molecule is COc1ccc(Br)c(COc2cc(F)ccc2N)c1. The van der Waals surface area contributed by atoms with Crippen molar-refractivity contribution in [1.29, 1.82) is 0 Å². The molecule has 0 aliphatic heterocycles. The van der Waals surface area contributed by atoms with Gasteiger partial charge in [-0.05, 0) is 30.3 Å².